The van der Waals surface area contributed by atoms with E-state index in [0.717, 1.165) is 22.3 Å². The second kappa shape index (κ2) is 6.01. The monoisotopic (exact) mass is 379 g/mol. The molecule has 7 nitrogen and oxygen atoms in total. The van der Waals surface area contributed by atoms with Crippen LogP contribution >= 0.6 is 23.2 Å². The van der Waals surface area contributed by atoms with E-state index in [1.54, 1.807) is 15.6 Å². The lowest BCUT2D eigenvalue weighted by Crippen LogP contribution is -2.39. The zero-order valence-corrected chi connectivity index (χ0v) is 14.9. The Hall–Kier alpha value is -2.09. The Bertz CT molecular complexity index is 994. The maximum Gasteiger partial charge on any atom is 0.248 e. The molecule has 1 amide bonds. The minimum absolute atomic E-state index is 0.306. The number of aromatic nitrogens is 4. The van der Waals surface area contributed by atoms with Crippen LogP contribution < -0.4 is 0 Å². The fourth-order valence-corrected chi connectivity index (χ4v) is 3.59. The van der Waals surface area contributed by atoms with E-state index in [4.69, 9.17) is 28.3 Å². The summed E-state index contributed by atoms with van der Waals surface area (Å²) in [5.74, 6) is -0.306. The molecule has 2 aromatic heterocycles. The number of benzene rings is 1. The second-order valence-electron chi connectivity index (χ2n) is 5.96. The predicted octanol–water partition coefficient (Wildman–Crippen LogP) is 2.08. The largest absolute Gasteiger partial charge is 0.387 e. The van der Waals surface area contributed by atoms with Gasteiger partial charge in [0.2, 0.25) is 5.91 Å². The molecule has 130 valence electrons. The minimum Gasteiger partial charge on any atom is -0.387 e. The van der Waals surface area contributed by atoms with Gasteiger partial charge in [-0.05, 0) is 12.1 Å². The SMILES string of the molecule is Cn1ccc(-c2cc(Cl)c(Cl)c3nn4c(c23)CN(C(=O)CO)CC4)n1. The summed E-state index contributed by atoms with van der Waals surface area (Å²) in [7, 11) is 1.84. The van der Waals surface area contributed by atoms with Crippen molar-refractivity contribution in [2.75, 3.05) is 13.2 Å². The predicted molar refractivity (Wildman–Crippen MR) is 94.5 cm³/mol. The Balaban J connectivity index is 1.96. The fraction of sp³-hybridized carbons (Fsp3) is 0.312. The van der Waals surface area contributed by atoms with Crippen LogP contribution in [-0.4, -0.2) is 48.6 Å². The molecule has 0 saturated heterocycles. The maximum absolute atomic E-state index is 11.9. The van der Waals surface area contributed by atoms with Crippen LogP contribution in [0, 0.1) is 0 Å². The van der Waals surface area contributed by atoms with Crippen molar-refractivity contribution in [3.63, 3.8) is 0 Å². The first-order valence-corrected chi connectivity index (χ1v) is 8.51. The van der Waals surface area contributed by atoms with Gasteiger partial charge in [0, 0.05) is 30.7 Å². The average molecular weight is 380 g/mol. The van der Waals surface area contributed by atoms with Gasteiger partial charge >= 0.3 is 0 Å². The van der Waals surface area contributed by atoms with Crippen LogP contribution in [0.1, 0.15) is 5.69 Å². The Morgan fingerprint density at radius 1 is 1.32 bits per heavy atom. The molecule has 9 heteroatoms. The van der Waals surface area contributed by atoms with Gasteiger partial charge in [-0.1, -0.05) is 23.2 Å². The number of nitrogens with zero attached hydrogens (tertiary/aromatic N) is 5. The van der Waals surface area contributed by atoms with E-state index in [9.17, 15) is 4.79 Å². The number of fused-ring (bicyclic) bond motifs is 3. The zero-order chi connectivity index (χ0) is 17.7. The number of aliphatic hydroxyl groups is 1. The topological polar surface area (TPSA) is 76.2 Å². The first-order chi connectivity index (χ1) is 12.0. The summed E-state index contributed by atoms with van der Waals surface area (Å²) in [5.41, 5.74) is 3.04. The van der Waals surface area contributed by atoms with E-state index in [2.05, 4.69) is 10.2 Å². The summed E-state index contributed by atoms with van der Waals surface area (Å²) in [5, 5.41) is 19.8. The van der Waals surface area contributed by atoms with Crippen molar-refractivity contribution in [2.24, 2.45) is 7.05 Å². The highest BCUT2D eigenvalue weighted by Crippen LogP contribution is 2.40. The standard InChI is InChI=1S/C16H15Cl2N5O2/c1-21-3-2-11(19-21)9-6-10(17)15(18)16-14(9)12-7-22(13(25)8-24)4-5-23(12)20-16/h2-3,6,24H,4-5,7-8H2,1H3. The molecule has 1 aliphatic heterocycles. The van der Waals surface area contributed by atoms with E-state index in [0.29, 0.717) is 35.2 Å². The van der Waals surface area contributed by atoms with Crippen molar-refractivity contribution in [2.45, 2.75) is 13.1 Å². The van der Waals surface area contributed by atoms with Crippen LogP contribution in [0.5, 0.6) is 0 Å². The average Bonchev–Trinajstić information content (AvgIpc) is 3.20. The van der Waals surface area contributed by atoms with Crippen LogP contribution in [0.25, 0.3) is 22.2 Å². The van der Waals surface area contributed by atoms with Gasteiger partial charge in [-0.15, -0.1) is 0 Å². The third-order valence-corrected chi connectivity index (χ3v) is 5.19. The first kappa shape index (κ1) is 16.4. The third kappa shape index (κ3) is 2.59. The molecule has 4 rings (SSSR count). The molecule has 0 atom stereocenters. The lowest BCUT2D eigenvalue weighted by molar-refractivity contribution is -0.135. The summed E-state index contributed by atoms with van der Waals surface area (Å²) in [4.78, 5) is 13.5. The number of halogens is 2. The normalized spacial score (nSPS) is 14.2. The lowest BCUT2D eigenvalue weighted by atomic mass is 10.0. The highest BCUT2D eigenvalue weighted by Gasteiger charge is 2.27. The number of hydrogen-bond donors (Lipinski definition) is 1. The molecule has 1 aromatic carbocycles. The number of aryl methyl sites for hydroxylation is 1. The number of aliphatic hydroxyl groups excluding tert-OH is 1. The summed E-state index contributed by atoms with van der Waals surface area (Å²) in [6.07, 6.45) is 1.85. The molecule has 1 aliphatic rings. The molecule has 0 radical (unpaired) electrons. The Kier molecular flexibility index (Phi) is 3.94. The summed E-state index contributed by atoms with van der Waals surface area (Å²) in [6.45, 7) is 0.870. The molecule has 0 bridgehead atoms. The molecule has 25 heavy (non-hydrogen) atoms. The Morgan fingerprint density at radius 3 is 2.80 bits per heavy atom. The highest BCUT2D eigenvalue weighted by molar-refractivity contribution is 6.45. The van der Waals surface area contributed by atoms with Gasteiger partial charge < -0.3 is 10.0 Å². The lowest BCUT2D eigenvalue weighted by Gasteiger charge is -2.27. The van der Waals surface area contributed by atoms with Crippen molar-refractivity contribution >= 4 is 40.0 Å². The Morgan fingerprint density at radius 2 is 2.12 bits per heavy atom. The van der Waals surface area contributed by atoms with Crippen molar-refractivity contribution in [1.29, 1.82) is 0 Å². The van der Waals surface area contributed by atoms with E-state index in [1.807, 2.05) is 24.0 Å². The molecule has 0 saturated carbocycles. The van der Waals surface area contributed by atoms with Crippen molar-refractivity contribution in [3.05, 3.63) is 34.1 Å². The Labute approximate surface area is 153 Å². The quantitative estimate of drug-likeness (QED) is 0.739. The maximum atomic E-state index is 11.9. The van der Waals surface area contributed by atoms with Crippen LogP contribution in [0.15, 0.2) is 18.3 Å². The number of carbonyl (C=O) groups excluding carboxylic acids is 1. The number of hydrogen-bond acceptors (Lipinski definition) is 4. The summed E-state index contributed by atoms with van der Waals surface area (Å²) >= 11 is 12.7. The van der Waals surface area contributed by atoms with Crippen molar-refractivity contribution in [3.8, 4) is 11.3 Å². The van der Waals surface area contributed by atoms with Crippen LogP contribution in [0.2, 0.25) is 10.0 Å². The first-order valence-electron chi connectivity index (χ1n) is 7.75. The smallest absolute Gasteiger partial charge is 0.248 e. The molecule has 0 spiro atoms. The molecular weight excluding hydrogens is 365 g/mol. The van der Waals surface area contributed by atoms with Crippen LogP contribution in [0.3, 0.4) is 0 Å². The molecule has 3 heterocycles. The van der Waals surface area contributed by atoms with Crippen LogP contribution in [-0.2, 0) is 24.9 Å². The molecule has 3 aromatic rings. The molecular formula is C16H15Cl2N5O2. The van der Waals surface area contributed by atoms with Gasteiger partial charge in [0.1, 0.15) is 12.1 Å². The van der Waals surface area contributed by atoms with Gasteiger partial charge in [0.15, 0.2) is 0 Å². The zero-order valence-electron chi connectivity index (χ0n) is 13.4. The van der Waals surface area contributed by atoms with Crippen molar-refractivity contribution < 1.29 is 9.90 Å². The van der Waals surface area contributed by atoms with Crippen molar-refractivity contribution in [1.82, 2.24) is 24.5 Å². The summed E-state index contributed by atoms with van der Waals surface area (Å²) in [6, 6.07) is 3.67. The molecule has 1 N–H and O–H groups in total. The van der Waals surface area contributed by atoms with Crippen LogP contribution in [0.4, 0.5) is 0 Å². The fourth-order valence-electron chi connectivity index (χ4n) is 3.20. The molecule has 0 aliphatic carbocycles. The van der Waals surface area contributed by atoms with Gasteiger partial charge in [-0.3, -0.25) is 14.2 Å². The van der Waals surface area contributed by atoms with Gasteiger partial charge in [0.05, 0.1) is 34.5 Å². The molecule has 0 unspecified atom stereocenters. The van der Waals surface area contributed by atoms with Gasteiger partial charge in [0.25, 0.3) is 0 Å². The van der Waals surface area contributed by atoms with E-state index < -0.39 is 6.61 Å². The van der Waals surface area contributed by atoms with E-state index in [1.165, 1.54) is 0 Å². The van der Waals surface area contributed by atoms with Gasteiger partial charge in [-0.2, -0.15) is 10.2 Å². The highest BCUT2D eigenvalue weighted by atomic mass is 35.5. The summed E-state index contributed by atoms with van der Waals surface area (Å²) < 4.78 is 3.56. The number of carbonyl (C=O) groups is 1. The number of amides is 1. The van der Waals surface area contributed by atoms with Gasteiger partial charge in [-0.25, -0.2) is 0 Å². The minimum atomic E-state index is -0.508. The van der Waals surface area contributed by atoms with E-state index in [-0.39, 0.29) is 5.91 Å². The number of rotatable bonds is 2. The third-order valence-electron chi connectivity index (χ3n) is 4.42. The molecule has 0 fully saturated rings. The second-order valence-corrected chi connectivity index (χ2v) is 6.75. The van der Waals surface area contributed by atoms with E-state index >= 15 is 0 Å².